The number of carbonyl (C=O) groups is 1. The number of ether oxygens (including phenoxy) is 1. The third-order valence-electron chi connectivity index (χ3n) is 6.07. The molecule has 0 atom stereocenters. The fraction of sp³-hybridized carbons (Fsp3) is 0.370. The molecule has 0 radical (unpaired) electrons. The molecular weight excluding hydrogens is 498 g/mol. The molecule has 1 amide bonds. The fourth-order valence-electron chi connectivity index (χ4n) is 4.31. The number of halogens is 1. The van der Waals surface area contributed by atoms with Crippen LogP contribution in [0.5, 0.6) is 0 Å². The van der Waals surface area contributed by atoms with Gasteiger partial charge in [0.15, 0.2) is 0 Å². The zero-order chi connectivity index (χ0) is 25.9. The van der Waals surface area contributed by atoms with Gasteiger partial charge in [0.05, 0.1) is 4.90 Å². The Morgan fingerprint density at radius 3 is 2.22 bits per heavy atom. The molecule has 7 nitrogen and oxygen atoms in total. The first kappa shape index (κ1) is 26.3. The van der Waals surface area contributed by atoms with Crippen molar-refractivity contribution in [3.8, 4) is 0 Å². The van der Waals surface area contributed by atoms with E-state index in [1.807, 2.05) is 32.9 Å². The third-order valence-corrected chi connectivity index (χ3v) is 7.80. The van der Waals surface area contributed by atoms with Crippen molar-refractivity contribution in [2.24, 2.45) is 0 Å². The van der Waals surface area contributed by atoms with Crippen molar-refractivity contribution in [1.82, 2.24) is 9.62 Å². The number of sulfonamides is 1. The van der Waals surface area contributed by atoms with Gasteiger partial charge >= 0.3 is 6.09 Å². The van der Waals surface area contributed by atoms with E-state index >= 15 is 0 Å². The number of nitrogens with one attached hydrogen (secondary N) is 1. The number of fused-ring (bicyclic) bond motifs is 1. The Morgan fingerprint density at radius 2 is 1.58 bits per heavy atom. The molecule has 1 N–H and O–H groups in total. The van der Waals surface area contributed by atoms with Crippen LogP contribution in [0.4, 0.5) is 10.5 Å². The molecule has 0 aromatic heterocycles. The Balaban J connectivity index is 1.44. The van der Waals surface area contributed by atoms with Gasteiger partial charge in [0, 0.05) is 48.8 Å². The van der Waals surface area contributed by atoms with E-state index in [2.05, 4.69) is 33.9 Å². The maximum Gasteiger partial charge on any atom is 0.410 e. The summed E-state index contributed by atoms with van der Waals surface area (Å²) in [6.07, 6.45) is 0.281. The SMILES string of the molecule is CC(C)(C)OC(=O)N1CCN(c2ccc(CCNS(=O)(=O)c3ccc(Cl)cc3)c3ccccc23)CC1. The van der Waals surface area contributed by atoms with Gasteiger partial charge in [0.2, 0.25) is 10.0 Å². The molecule has 3 aromatic rings. The van der Waals surface area contributed by atoms with Crippen molar-refractivity contribution >= 4 is 44.2 Å². The molecule has 0 spiro atoms. The van der Waals surface area contributed by atoms with Gasteiger partial charge in [-0.2, -0.15) is 0 Å². The number of hydrogen-bond acceptors (Lipinski definition) is 5. The molecule has 1 aliphatic rings. The van der Waals surface area contributed by atoms with Crippen LogP contribution in [0.15, 0.2) is 65.6 Å². The number of piperazine rings is 1. The topological polar surface area (TPSA) is 79.0 Å². The molecule has 1 fully saturated rings. The Labute approximate surface area is 218 Å². The van der Waals surface area contributed by atoms with E-state index in [4.69, 9.17) is 16.3 Å². The monoisotopic (exact) mass is 529 g/mol. The zero-order valence-corrected chi connectivity index (χ0v) is 22.4. The van der Waals surface area contributed by atoms with Gasteiger partial charge in [-0.05, 0) is 68.5 Å². The Kier molecular flexibility index (Phi) is 7.78. The molecule has 1 heterocycles. The van der Waals surface area contributed by atoms with Gasteiger partial charge in [-0.3, -0.25) is 0 Å². The van der Waals surface area contributed by atoms with Gasteiger partial charge in [0.25, 0.3) is 0 Å². The van der Waals surface area contributed by atoms with Gasteiger partial charge < -0.3 is 14.5 Å². The van der Waals surface area contributed by atoms with E-state index in [1.165, 1.54) is 12.1 Å². The van der Waals surface area contributed by atoms with Gasteiger partial charge in [0.1, 0.15) is 5.60 Å². The Hall–Kier alpha value is -2.81. The van der Waals surface area contributed by atoms with Crippen LogP contribution in [0.2, 0.25) is 5.02 Å². The van der Waals surface area contributed by atoms with Crippen molar-refractivity contribution in [2.75, 3.05) is 37.6 Å². The molecule has 192 valence electrons. The highest BCUT2D eigenvalue weighted by Gasteiger charge is 2.26. The largest absolute Gasteiger partial charge is 0.444 e. The minimum atomic E-state index is -3.61. The predicted octanol–water partition coefficient (Wildman–Crippen LogP) is 5.07. The van der Waals surface area contributed by atoms with Crippen molar-refractivity contribution < 1.29 is 17.9 Å². The molecule has 0 aliphatic carbocycles. The first-order valence-electron chi connectivity index (χ1n) is 12.0. The number of amides is 1. The molecule has 1 aliphatic heterocycles. The average Bonchev–Trinajstić information content (AvgIpc) is 2.83. The number of rotatable bonds is 6. The molecule has 0 saturated carbocycles. The second-order valence-corrected chi connectivity index (χ2v) is 12.0. The minimum absolute atomic E-state index is 0.192. The van der Waals surface area contributed by atoms with Gasteiger partial charge in [-0.15, -0.1) is 0 Å². The standard InChI is InChI=1S/C27H32ClN3O4S/c1-27(2,3)35-26(32)31-18-16-30(17-19-31)25-13-8-20(23-6-4-5-7-24(23)25)14-15-29-36(33,34)22-11-9-21(28)10-12-22/h4-13,29H,14-19H2,1-3H3. The fourth-order valence-corrected chi connectivity index (χ4v) is 5.47. The summed E-state index contributed by atoms with van der Waals surface area (Å²) >= 11 is 5.87. The van der Waals surface area contributed by atoms with Gasteiger partial charge in [-0.1, -0.05) is 41.9 Å². The highest BCUT2D eigenvalue weighted by molar-refractivity contribution is 7.89. The quantitative estimate of drug-likeness (QED) is 0.482. The summed E-state index contributed by atoms with van der Waals surface area (Å²) in [6, 6.07) is 18.4. The first-order chi connectivity index (χ1) is 17.0. The lowest BCUT2D eigenvalue weighted by Crippen LogP contribution is -2.50. The summed E-state index contributed by atoms with van der Waals surface area (Å²) in [6.45, 7) is 8.51. The summed E-state index contributed by atoms with van der Waals surface area (Å²) < 4.78 is 33.4. The second kappa shape index (κ2) is 10.7. The normalized spacial score (nSPS) is 14.8. The van der Waals surface area contributed by atoms with E-state index in [0.717, 1.165) is 22.0 Å². The summed E-state index contributed by atoms with van der Waals surface area (Å²) in [5, 5.41) is 2.70. The second-order valence-electron chi connectivity index (χ2n) is 9.85. The highest BCUT2D eigenvalue weighted by Crippen LogP contribution is 2.31. The summed E-state index contributed by atoms with van der Waals surface area (Å²) in [5.41, 5.74) is 1.67. The lowest BCUT2D eigenvalue weighted by molar-refractivity contribution is 0.0240. The number of carbonyl (C=O) groups excluding carboxylic acids is 1. The smallest absolute Gasteiger partial charge is 0.410 e. The molecule has 0 unspecified atom stereocenters. The van der Waals surface area contributed by atoms with E-state index in [1.54, 1.807) is 17.0 Å². The number of nitrogens with zero attached hydrogens (tertiary/aromatic N) is 2. The van der Waals surface area contributed by atoms with Gasteiger partial charge in [-0.25, -0.2) is 17.9 Å². The molecule has 4 rings (SSSR count). The van der Waals surface area contributed by atoms with E-state index < -0.39 is 15.6 Å². The third kappa shape index (κ3) is 6.30. The van der Waals surface area contributed by atoms with E-state index in [-0.39, 0.29) is 17.5 Å². The van der Waals surface area contributed by atoms with Crippen LogP contribution in [0.1, 0.15) is 26.3 Å². The van der Waals surface area contributed by atoms with Crippen LogP contribution in [0.3, 0.4) is 0 Å². The average molecular weight is 530 g/mol. The van der Waals surface area contributed by atoms with E-state index in [9.17, 15) is 13.2 Å². The predicted molar refractivity (Wildman–Crippen MR) is 144 cm³/mol. The Morgan fingerprint density at radius 1 is 0.944 bits per heavy atom. The van der Waals surface area contributed by atoms with Crippen LogP contribution < -0.4 is 9.62 Å². The van der Waals surface area contributed by atoms with Crippen molar-refractivity contribution in [3.63, 3.8) is 0 Å². The molecule has 36 heavy (non-hydrogen) atoms. The van der Waals surface area contributed by atoms with Crippen LogP contribution in [-0.4, -0.2) is 57.7 Å². The van der Waals surface area contributed by atoms with Crippen LogP contribution in [0.25, 0.3) is 10.8 Å². The van der Waals surface area contributed by atoms with Crippen molar-refractivity contribution in [2.45, 2.75) is 37.7 Å². The van der Waals surface area contributed by atoms with Crippen molar-refractivity contribution in [1.29, 1.82) is 0 Å². The number of hydrogen-bond donors (Lipinski definition) is 1. The molecule has 9 heteroatoms. The molecular formula is C27H32ClN3O4S. The lowest BCUT2D eigenvalue weighted by atomic mass is 10.00. The van der Waals surface area contributed by atoms with Crippen LogP contribution in [-0.2, 0) is 21.2 Å². The molecule has 0 bridgehead atoms. The number of benzene rings is 3. The minimum Gasteiger partial charge on any atom is -0.444 e. The van der Waals surface area contributed by atoms with Crippen LogP contribution in [0, 0.1) is 0 Å². The maximum atomic E-state index is 12.6. The maximum absolute atomic E-state index is 12.6. The zero-order valence-electron chi connectivity index (χ0n) is 20.8. The summed E-state index contributed by atoms with van der Waals surface area (Å²) in [4.78, 5) is 16.7. The molecule has 1 saturated heterocycles. The molecule has 3 aromatic carbocycles. The highest BCUT2D eigenvalue weighted by atomic mass is 35.5. The van der Waals surface area contributed by atoms with Crippen molar-refractivity contribution in [3.05, 3.63) is 71.2 Å². The number of anilines is 1. The van der Waals surface area contributed by atoms with Crippen LogP contribution >= 0.6 is 11.6 Å². The lowest BCUT2D eigenvalue weighted by Gasteiger charge is -2.37. The first-order valence-corrected chi connectivity index (χ1v) is 13.9. The van der Waals surface area contributed by atoms with E-state index in [0.29, 0.717) is 37.6 Å². The summed E-state index contributed by atoms with van der Waals surface area (Å²) in [5.74, 6) is 0. The summed E-state index contributed by atoms with van der Waals surface area (Å²) in [7, 11) is -3.61. The Bertz CT molecular complexity index is 1330.